The molecule has 1 atom stereocenters. The number of benzene rings is 1. The maximum atomic E-state index is 9.01. The number of aliphatic hydroxyl groups excluding tert-OH is 1. The average Bonchev–Trinajstić information content (AvgIpc) is 2.14. The molecule has 5 heteroatoms. The summed E-state index contributed by atoms with van der Waals surface area (Å²) >= 11 is 17.0. The van der Waals surface area contributed by atoms with Gasteiger partial charge in [-0.25, -0.2) is 0 Å². The summed E-state index contributed by atoms with van der Waals surface area (Å²) in [4.78, 5) is 0. The molecule has 0 amide bonds. The Morgan fingerprint density at radius 1 is 1.21 bits per heavy atom. The van der Waals surface area contributed by atoms with Gasteiger partial charge >= 0.3 is 0 Å². The molecule has 0 saturated carbocycles. The van der Waals surface area contributed by atoms with Crippen molar-refractivity contribution in [3.05, 3.63) is 30.3 Å². The Kier molecular flexibility index (Phi) is 4.32. The molecular weight excluding hydrogens is 244 g/mol. The van der Waals surface area contributed by atoms with Crippen LogP contribution in [0, 0.1) is 0 Å². The Morgan fingerprint density at radius 3 is 2.21 bits per heavy atom. The first-order chi connectivity index (χ1) is 6.54. The molecule has 0 spiro atoms. The van der Waals surface area contributed by atoms with Crippen LogP contribution in [0.3, 0.4) is 0 Å². The summed E-state index contributed by atoms with van der Waals surface area (Å²) in [7, 11) is 0. The number of alkyl halides is 3. The molecule has 1 unspecified atom stereocenters. The van der Waals surface area contributed by atoms with Gasteiger partial charge in [-0.3, -0.25) is 0 Å². The van der Waals surface area contributed by atoms with Gasteiger partial charge in [-0.1, -0.05) is 53.0 Å². The van der Waals surface area contributed by atoms with Crippen molar-refractivity contribution in [2.45, 2.75) is 9.83 Å². The third-order valence-electron chi connectivity index (χ3n) is 1.69. The van der Waals surface area contributed by atoms with Crippen LogP contribution in [-0.2, 0) is 0 Å². The molecule has 1 rings (SSSR count). The van der Waals surface area contributed by atoms with Crippen LogP contribution in [0.2, 0.25) is 0 Å². The van der Waals surface area contributed by atoms with Crippen LogP contribution < -0.4 is 5.32 Å². The van der Waals surface area contributed by atoms with E-state index in [2.05, 4.69) is 5.32 Å². The molecule has 0 fully saturated rings. The highest BCUT2D eigenvalue weighted by atomic mass is 35.6. The quantitative estimate of drug-likeness (QED) is 0.813. The van der Waals surface area contributed by atoms with E-state index in [1.165, 1.54) is 0 Å². The maximum Gasteiger partial charge on any atom is 0.212 e. The number of rotatable bonds is 3. The first-order valence-electron chi connectivity index (χ1n) is 4.03. The minimum Gasteiger partial charge on any atom is -0.394 e. The second kappa shape index (κ2) is 5.08. The Hall–Kier alpha value is -0.150. The zero-order valence-corrected chi connectivity index (χ0v) is 9.52. The Bertz CT molecular complexity index is 273. The summed E-state index contributed by atoms with van der Waals surface area (Å²) in [6.07, 6.45) is 0. The Labute approximate surface area is 97.8 Å². The minimum atomic E-state index is -1.52. The van der Waals surface area contributed by atoms with E-state index in [9.17, 15) is 0 Å². The van der Waals surface area contributed by atoms with Crippen LogP contribution in [-0.4, -0.2) is 21.5 Å². The number of hydrogen-bond donors (Lipinski definition) is 2. The largest absolute Gasteiger partial charge is 0.394 e. The Morgan fingerprint density at radius 2 is 1.79 bits per heavy atom. The number of para-hydroxylation sites is 1. The standard InChI is InChI=1S/C9H10Cl3NO/c10-9(11,12)8(6-14)13-7-4-2-1-3-5-7/h1-5,8,13-14H,6H2. The van der Waals surface area contributed by atoms with E-state index in [4.69, 9.17) is 39.9 Å². The molecule has 2 nitrogen and oxygen atoms in total. The molecule has 0 aliphatic heterocycles. The van der Waals surface area contributed by atoms with Crippen molar-refractivity contribution in [3.8, 4) is 0 Å². The summed E-state index contributed by atoms with van der Waals surface area (Å²) in [5.41, 5.74) is 0.804. The lowest BCUT2D eigenvalue weighted by Gasteiger charge is -2.24. The second-order valence-electron chi connectivity index (χ2n) is 2.79. The van der Waals surface area contributed by atoms with Crippen LogP contribution >= 0.6 is 34.8 Å². The van der Waals surface area contributed by atoms with Crippen LogP contribution in [0.4, 0.5) is 5.69 Å². The highest BCUT2D eigenvalue weighted by Crippen LogP contribution is 2.31. The van der Waals surface area contributed by atoms with Gasteiger partial charge in [0, 0.05) is 5.69 Å². The number of halogens is 3. The normalized spacial score (nSPS) is 13.7. The highest BCUT2D eigenvalue weighted by Gasteiger charge is 2.31. The maximum absolute atomic E-state index is 9.01. The first kappa shape index (κ1) is 11.9. The third kappa shape index (κ3) is 3.54. The van der Waals surface area contributed by atoms with E-state index in [1.807, 2.05) is 30.3 Å². The van der Waals surface area contributed by atoms with Crippen LogP contribution in [0.5, 0.6) is 0 Å². The van der Waals surface area contributed by atoms with Gasteiger partial charge < -0.3 is 10.4 Å². The average molecular weight is 255 g/mol. The number of hydrogen-bond acceptors (Lipinski definition) is 2. The van der Waals surface area contributed by atoms with Gasteiger partial charge in [0.2, 0.25) is 3.79 Å². The molecule has 0 bridgehead atoms. The second-order valence-corrected chi connectivity index (χ2v) is 5.16. The summed E-state index contributed by atoms with van der Waals surface area (Å²) < 4.78 is -1.52. The lowest BCUT2D eigenvalue weighted by atomic mass is 10.3. The molecule has 1 aromatic carbocycles. The SMILES string of the molecule is OCC(Nc1ccccc1)C(Cl)(Cl)Cl. The van der Waals surface area contributed by atoms with Crippen LogP contribution in [0.1, 0.15) is 0 Å². The fraction of sp³-hybridized carbons (Fsp3) is 0.333. The predicted molar refractivity (Wildman–Crippen MR) is 61.2 cm³/mol. The molecule has 78 valence electrons. The number of anilines is 1. The van der Waals surface area contributed by atoms with Crippen molar-refractivity contribution in [3.63, 3.8) is 0 Å². The molecule has 0 aromatic heterocycles. The van der Waals surface area contributed by atoms with Crippen molar-refractivity contribution in [2.75, 3.05) is 11.9 Å². The van der Waals surface area contributed by atoms with Crippen molar-refractivity contribution in [1.82, 2.24) is 0 Å². The molecule has 14 heavy (non-hydrogen) atoms. The highest BCUT2D eigenvalue weighted by molar-refractivity contribution is 6.68. The van der Waals surface area contributed by atoms with Crippen molar-refractivity contribution in [2.24, 2.45) is 0 Å². The van der Waals surface area contributed by atoms with Crippen LogP contribution in [0.25, 0.3) is 0 Å². The molecule has 0 aliphatic rings. The van der Waals surface area contributed by atoms with Crippen LogP contribution in [0.15, 0.2) is 30.3 Å². The molecule has 0 heterocycles. The van der Waals surface area contributed by atoms with Crippen molar-refractivity contribution in [1.29, 1.82) is 0 Å². The fourth-order valence-corrected chi connectivity index (χ4v) is 1.34. The van der Waals surface area contributed by atoms with Gasteiger partial charge in [0.15, 0.2) is 0 Å². The number of nitrogens with one attached hydrogen (secondary N) is 1. The lowest BCUT2D eigenvalue weighted by Crippen LogP contribution is -2.36. The smallest absolute Gasteiger partial charge is 0.212 e. The van der Waals surface area contributed by atoms with E-state index < -0.39 is 9.83 Å². The van der Waals surface area contributed by atoms with E-state index in [-0.39, 0.29) is 6.61 Å². The summed E-state index contributed by atoms with van der Waals surface area (Å²) in [6.45, 7) is -0.245. The summed E-state index contributed by atoms with van der Waals surface area (Å²) in [5, 5.41) is 11.9. The van der Waals surface area contributed by atoms with Gasteiger partial charge in [0.05, 0.1) is 12.6 Å². The van der Waals surface area contributed by atoms with Crippen molar-refractivity contribution < 1.29 is 5.11 Å². The predicted octanol–water partition coefficient (Wildman–Crippen LogP) is 2.83. The number of aliphatic hydroxyl groups is 1. The Balaban J connectivity index is 2.67. The third-order valence-corrected chi connectivity index (χ3v) is 2.48. The van der Waals surface area contributed by atoms with Crippen molar-refractivity contribution >= 4 is 40.5 Å². The van der Waals surface area contributed by atoms with E-state index in [1.54, 1.807) is 0 Å². The fourth-order valence-electron chi connectivity index (χ4n) is 0.967. The van der Waals surface area contributed by atoms with Gasteiger partial charge in [0.1, 0.15) is 0 Å². The molecule has 0 radical (unpaired) electrons. The molecule has 0 saturated heterocycles. The minimum absolute atomic E-state index is 0.245. The topological polar surface area (TPSA) is 32.3 Å². The molecule has 2 N–H and O–H groups in total. The lowest BCUT2D eigenvalue weighted by molar-refractivity contribution is 0.275. The summed E-state index contributed by atoms with van der Waals surface area (Å²) in [5.74, 6) is 0. The molecular formula is C9H10Cl3NO. The van der Waals surface area contributed by atoms with Gasteiger partial charge in [0.25, 0.3) is 0 Å². The van der Waals surface area contributed by atoms with Gasteiger partial charge in [-0.2, -0.15) is 0 Å². The zero-order chi connectivity index (χ0) is 10.6. The first-order valence-corrected chi connectivity index (χ1v) is 5.16. The van der Waals surface area contributed by atoms with E-state index in [0.717, 1.165) is 5.69 Å². The zero-order valence-electron chi connectivity index (χ0n) is 7.25. The van der Waals surface area contributed by atoms with E-state index in [0.29, 0.717) is 0 Å². The van der Waals surface area contributed by atoms with Gasteiger partial charge in [-0.05, 0) is 12.1 Å². The monoisotopic (exact) mass is 253 g/mol. The molecule has 0 aliphatic carbocycles. The molecule has 1 aromatic rings. The van der Waals surface area contributed by atoms with E-state index >= 15 is 0 Å². The van der Waals surface area contributed by atoms with Gasteiger partial charge in [-0.15, -0.1) is 0 Å². The summed E-state index contributed by atoms with van der Waals surface area (Å²) in [6, 6.07) is 8.64.